The first-order valence-corrected chi connectivity index (χ1v) is 5.61. The van der Waals surface area contributed by atoms with Crippen molar-refractivity contribution >= 4 is 23.1 Å². The summed E-state index contributed by atoms with van der Waals surface area (Å²) in [6.45, 7) is 0. The SMILES string of the molecule is CN(c1cccc(F)c1)c1nccn2c(N)nnc12. The third kappa shape index (κ3) is 1.85. The zero-order valence-corrected chi connectivity index (χ0v) is 10.2. The van der Waals surface area contributed by atoms with E-state index in [1.54, 1.807) is 40.9 Å². The topological polar surface area (TPSA) is 72.3 Å². The van der Waals surface area contributed by atoms with Gasteiger partial charge in [0.25, 0.3) is 0 Å². The lowest BCUT2D eigenvalue weighted by atomic mass is 10.3. The third-order valence-electron chi connectivity index (χ3n) is 2.85. The van der Waals surface area contributed by atoms with E-state index in [0.717, 1.165) is 0 Å². The van der Waals surface area contributed by atoms with Crippen LogP contribution in [0.5, 0.6) is 0 Å². The van der Waals surface area contributed by atoms with Gasteiger partial charge in [0, 0.05) is 25.1 Å². The maximum absolute atomic E-state index is 13.3. The van der Waals surface area contributed by atoms with Crippen LogP contribution in [0.3, 0.4) is 0 Å². The van der Waals surface area contributed by atoms with Crippen molar-refractivity contribution in [3.8, 4) is 0 Å². The normalized spacial score (nSPS) is 10.8. The van der Waals surface area contributed by atoms with Gasteiger partial charge in [-0.15, -0.1) is 10.2 Å². The monoisotopic (exact) mass is 258 g/mol. The first-order chi connectivity index (χ1) is 9.16. The highest BCUT2D eigenvalue weighted by molar-refractivity contribution is 5.72. The predicted octanol–water partition coefficient (Wildman–Crippen LogP) is 1.61. The number of fused-ring (bicyclic) bond motifs is 1. The van der Waals surface area contributed by atoms with Gasteiger partial charge < -0.3 is 10.6 Å². The highest BCUT2D eigenvalue weighted by atomic mass is 19.1. The summed E-state index contributed by atoms with van der Waals surface area (Å²) in [5, 5.41) is 7.78. The number of nitrogen functional groups attached to an aromatic ring is 1. The van der Waals surface area contributed by atoms with Crippen LogP contribution in [0.4, 0.5) is 21.8 Å². The van der Waals surface area contributed by atoms with E-state index in [-0.39, 0.29) is 11.8 Å². The standard InChI is InChI=1S/C12H11FN6/c1-18(9-4-2-3-8(13)7-9)10-11-16-17-12(14)19(11)6-5-15-10/h2-7H,1H3,(H2,14,17). The van der Waals surface area contributed by atoms with Gasteiger partial charge in [-0.05, 0) is 18.2 Å². The molecule has 0 fully saturated rings. The Morgan fingerprint density at radius 2 is 2.16 bits per heavy atom. The van der Waals surface area contributed by atoms with E-state index in [0.29, 0.717) is 17.2 Å². The number of anilines is 3. The summed E-state index contributed by atoms with van der Waals surface area (Å²) in [4.78, 5) is 5.98. The minimum Gasteiger partial charge on any atom is -0.368 e. The Labute approximate surface area is 108 Å². The molecule has 2 heterocycles. The molecule has 0 aliphatic heterocycles. The van der Waals surface area contributed by atoms with Crippen molar-refractivity contribution in [2.75, 3.05) is 17.7 Å². The minimum atomic E-state index is -0.308. The summed E-state index contributed by atoms with van der Waals surface area (Å²) in [7, 11) is 1.78. The third-order valence-corrected chi connectivity index (χ3v) is 2.85. The number of halogens is 1. The van der Waals surface area contributed by atoms with Crippen molar-refractivity contribution in [1.29, 1.82) is 0 Å². The number of nitrogens with two attached hydrogens (primary N) is 1. The van der Waals surface area contributed by atoms with E-state index in [4.69, 9.17) is 5.73 Å². The summed E-state index contributed by atoms with van der Waals surface area (Å²) in [5.41, 5.74) is 6.88. The van der Waals surface area contributed by atoms with Gasteiger partial charge >= 0.3 is 0 Å². The van der Waals surface area contributed by atoms with Crippen LogP contribution in [-0.2, 0) is 0 Å². The molecule has 0 bridgehead atoms. The van der Waals surface area contributed by atoms with E-state index in [1.807, 2.05) is 0 Å². The molecular weight excluding hydrogens is 247 g/mol. The lowest BCUT2D eigenvalue weighted by Gasteiger charge is -2.18. The summed E-state index contributed by atoms with van der Waals surface area (Å²) < 4.78 is 14.9. The van der Waals surface area contributed by atoms with Gasteiger partial charge in [0.05, 0.1) is 0 Å². The number of rotatable bonds is 2. The van der Waals surface area contributed by atoms with Crippen LogP contribution in [-0.4, -0.2) is 26.6 Å². The van der Waals surface area contributed by atoms with Crippen LogP contribution in [0, 0.1) is 5.82 Å². The molecule has 0 radical (unpaired) electrons. The van der Waals surface area contributed by atoms with Gasteiger partial charge in [-0.3, -0.25) is 4.40 Å². The Morgan fingerprint density at radius 1 is 1.32 bits per heavy atom. The zero-order valence-electron chi connectivity index (χ0n) is 10.2. The average Bonchev–Trinajstić information content (AvgIpc) is 2.80. The van der Waals surface area contributed by atoms with Crippen molar-refractivity contribution in [2.24, 2.45) is 0 Å². The van der Waals surface area contributed by atoms with Crippen molar-refractivity contribution in [3.05, 3.63) is 42.5 Å². The number of benzene rings is 1. The van der Waals surface area contributed by atoms with E-state index < -0.39 is 0 Å². The molecule has 3 rings (SSSR count). The number of aromatic nitrogens is 4. The maximum Gasteiger partial charge on any atom is 0.226 e. The first-order valence-electron chi connectivity index (χ1n) is 5.61. The molecular formula is C12H11FN6. The van der Waals surface area contributed by atoms with Crippen LogP contribution in [0.1, 0.15) is 0 Å². The van der Waals surface area contributed by atoms with E-state index in [9.17, 15) is 4.39 Å². The zero-order chi connectivity index (χ0) is 13.4. The molecule has 96 valence electrons. The molecule has 0 aliphatic rings. The fourth-order valence-electron chi connectivity index (χ4n) is 1.87. The molecule has 0 unspecified atom stereocenters. The largest absolute Gasteiger partial charge is 0.368 e. The van der Waals surface area contributed by atoms with Crippen LogP contribution >= 0.6 is 0 Å². The van der Waals surface area contributed by atoms with E-state index in [2.05, 4.69) is 15.2 Å². The number of nitrogens with zero attached hydrogens (tertiary/aromatic N) is 5. The smallest absolute Gasteiger partial charge is 0.226 e. The van der Waals surface area contributed by atoms with Gasteiger partial charge in [0.1, 0.15) is 5.82 Å². The second kappa shape index (κ2) is 4.20. The van der Waals surface area contributed by atoms with Crippen molar-refractivity contribution in [1.82, 2.24) is 19.6 Å². The first kappa shape index (κ1) is 11.4. The molecule has 19 heavy (non-hydrogen) atoms. The van der Waals surface area contributed by atoms with Crippen LogP contribution in [0.25, 0.3) is 5.65 Å². The van der Waals surface area contributed by atoms with Gasteiger partial charge in [0.2, 0.25) is 11.6 Å². The van der Waals surface area contributed by atoms with Crippen LogP contribution < -0.4 is 10.6 Å². The highest BCUT2D eigenvalue weighted by Gasteiger charge is 2.13. The van der Waals surface area contributed by atoms with Crippen molar-refractivity contribution in [3.63, 3.8) is 0 Å². The number of hydrogen-bond acceptors (Lipinski definition) is 5. The molecule has 0 aliphatic carbocycles. The van der Waals surface area contributed by atoms with Gasteiger partial charge in [-0.1, -0.05) is 6.07 Å². The van der Waals surface area contributed by atoms with Gasteiger partial charge in [0.15, 0.2) is 5.82 Å². The lowest BCUT2D eigenvalue weighted by Crippen LogP contribution is -2.13. The summed E-state index contributed by atoms with van der Waals surface area (Å²) >= 11 is 0. The number of hydrogen-bond donors (Lipinski definition) is 1. The minimum absolute atomic E-state index is 0.284. The molecule has 0 saturated carbocycles. The predicted molar refractivity (Wildman–Crippen MR) is 69.7 cm³/mol. The summed E-state index contributed by atoms with van der Waals surface area (Å²) in [6, 6.07) is 6.23. The molecule has 0 amide bonds. The second-order valence-corrected chi connectivity index (χ2v) is 4.04. The quantitative estimate of drug-likeness (QED) is 0.756. The average molecular weight is 258 g/mol. The molecule has 3 aromatic rings. The summed E-state index contributed by atoms with van der Waals surface area (Å²) in [6.07, 6.45) is 3.27. The molecule has 2 N–H and O–H groups in total. The fourth-order valence-corrected chi connectivity index (χ4v) is 1.87. The fraction of sp³-hybridized carbons (Fsp3) is 0.0833. The van der Waals surface area contributed by atoms with E-state index in [1.165, 1.54) is 12.1 Å². The van der Waals surface area contributed by atoms with E-state index >= 15 is 0 Å². The summed E-state index contributed by atoms with van der Waals surface area (Å²) in [5.74, 6) is 0.529. The molecule has 0 atom stereocenters. The Balaban J connectivity index is 2.14. The van der Waals surface area contributed by atoms with Gasteiger partial charge in [-0.2, -0.15) is 0 Å². The molecule has 0 saturated heterocycles. The Kier molecular flexibility index (Phi) is 2.52. The molecule has 7 heteroatoms. The van der Waals surface area contributed by atoms with Crippen LogP contribution in [0.15, 0.2) is 36.7 Å². The highest BCUT2D eigenvalue weighted by Crippen LogP contribution is 2.25. The molecule has 6 nitrogen and oxygen atoms in total. The van der Waals surface area contributed by atoms with Crippen molar-refractivity contribution < 1.29 is 4.39 Å². The Morgan fingerprint density at radius 3 is 2.95 bits per heavy atom. The Hall–Kier alpha value is -2.70. The lowest BCUT2D eigenvalue weighted by molar-refractivity contribution is 0.628. The molecule has 1 aromatic carbocycles. The maximum atomic E-state index is 13.3. The molecule has 0 spiro atoms. The molecule has 2 aromatic heterocycles. The second-order valence-electron chi connectivity index (χ2n) is 4.04. The van der Waals surface area contributed by atoms with Crippen LogP contribution in [0.2, 0.25) is 0 Å². The Bertz CT molecular complexity index is 738. The van der Waals surface area contributed by atoms with Crippen molar-refractivity contribution in [2.45, 2.75) is 0 Å². The van der Waals surface area contributed by atoms with Gasteiger partial charge in [-0.25, -0.2) is 9.37 Å².